The van der Waals surface area contributed by atoms with Gasteiger partial charge in [0.25, 0.3) is 5.91 Å². The number of halogens is 2. The molecule has 9 heteroatoms. The fourth-order valence-electron chi connectivity index (χ4n) is 4.87. The van der Waals surface area contributed by atoms with E-state index in [0.717, 1.165) is 15.8 Å². The molecule has 1 N–H and O–H groups in total. The van der Waals surface area contributed by atoms with Gasteiger partial charge in [-0.2, -0.15) is 0 Å². The Hall–Kier alpha value is -2.19. The van der Waals surface area contributed by atoms with E-state index < -0.39 is 24.5 Å². The zero-order chi connectivity index (χ0) is 22.4. The normalized spacial score (nSPS) is 27.1. The Morgan fingerprint density at radius 3 is 2.35 bits per heavy atom. The van der Waals surface area contributed by atoms with Gasteiger partial charge in [0.1, 0.15) is 6.04 Å². The quantitative estimate of drug-likeness (QED) is 0.360. The number of imide groups is 1. The lowest BCUT2D eigenvalue weighted by molar-refractivity contribution is -0.162. The maximum atomic E-state index is 13.0. The minimum Gasteiger partial charge on any atom is -0.454 e. The molecule has 1 heterocycles. The maximum Gasteiger partial charge on any atom is 0.330 e. The van der Waals surface area contributed by atoms with Gasteiger partial charge in [0.15, 0.2) is 6.61 Å². The van der Waals surface area contributed by atoms with Crippen LogP contribution in [-0.2, 0) is 23.9 Å². The second-order valence-electron chi connectivity index (χ2n) is 8.52. The standard InChI is InChI=1S/C22H22BrClN2O5/c1-10(2)19(26-20(28)17-11-3-4-12(7-11)18(17)21(26)29)22(30)31-9-16(27)25-15-6-5-13(23)8-14(15)24/h3-6,8,10-12,17-19H,7,9H2,1-2H3,(H,25,27)/t11-,12-,17-,18+,19+/m0/s1. The number of benzene rings is 1. The lowest BCUT2D eigenvalue weighted by Gasteiger charge is -2.28. The molecule has 1 aliphatic heterocycles. The van der Waals surface area contributed by atoms with E-state index in [0.29, 0.717) is 10.7 Å². The van der Waals surface area contributed by atoms with E-state index in [9.17, 15) is 19.2 Å². The van der Waals surface area contributed by atoms with Crippen molar-refractivity contribution in [2.75, 3.05) is 11.9 Å². The SMILES string of the molecule is CC(C)[C@H](C(=O)OCC(=O)Nc1ccc(Br)cc1Cl)N1C(=O)[C@@H]2[C@H](C1=O)[C@H]1C=C[C@H]2C1. The molecule has 3 aliphatic rings. The van der Waals surface area contributed by atoms with E-state index in [1.165, 1.54) is 0 Å². The molecule has 1 aromatic carbocycles. The monoisotopic (exact) mass is 508 g/mol. The summed E-state index contributed by atoms with van der Waals surface area (Å²) in [6.07, 6.45) is 4.82. The summed E-state index contributed by atoms with van der Waals surface area (Å²) in [4.78, 5) is 52.2. The van der Waals surface area contributed by atoms with E-state index in [1.807, 2.05) is 12.2 Å². The van der Waals surface area contributed by atoms with Crippen molar-refractivity contribution < 1.29 is 23.9 Å². The molecule has 0 radical (unpaired) electrons. The molecule has 0 spiro atoms. The number of carbonyl (C=O) groups excluding carboxylic acids is 4. The summed E-state index contributed by atoms with van der Waals surface area (Å²) in [5.41, 5.74) is 0.382. The summed E-state index contributed by atoms with van der Waals surface area (Å²) in [6, 6.07) is 3.90. The first-order chi connectivity index (χ1) is 14.7. The number of hydrogen-bond acceptors (Lipinski definition) is 5. The first kappa shape index (κ1) is 22.0. The van der Waals surface area contributed by atoms with Crippen molar-refractivity contribution in [3.05, 3.63) is 39.8 Å². The van der Waals surface area contributed by atoms with Crippen LogP contribution >= 0.6 is 27.5 Å². The molecule has 3 amide bonds. The van der Waals surface area contributed by atoms with E-state index in [2.05, 4.69) is 21.2 Å². The average molecular weight is 510 g/mol. The molecular formula is C22H22BrClN2O5. The molecule has 31 heavy (non-hydrogen) atoms. The summed E-state index contributed by atoms with van der Waals surface area (Å²) in [5.74, 6) is -2.98. The van der Waals surface area contributed by atoms with Gasteiger partial charge >= 0.3 is 5.97 Å². The van der Waals surface area contributed by atoms with E-state index in [1.54, 1.807) is 32.0 Å². The van der Waals surface area contributed by atoms with Gasteiger partial charge in [-0.3, -0.25) is 19.3 Å². The third-order valence-corrected chi connectivity index (χ3v) is 7.01. The molecule has 1 aromatic rings. The van der Waals surface area contributed by atoms with Gasteiger partial charge in [0.05, 0.1) is 22.5 Å². The molecule has 2 bridgehead atoms. The summed E-state index contributed by atoms with van der Waals surface area (Å²) < 4.78 is 5.96. The lowest BCUT2D eigenvalue weighted by Crippen LogP contribution is -2.50. The highest BCUT2D eigenvalue weighted by Gasteiger charge is 2.61. The number of hydrogen-bond donors (Lipinski definition) is 1. The minimum atomic E-state index is -1.06. The van der Waals surface area contributed by atoms with Crippen LogP contribution in [0.2, 0.25) is 5.02 Å². The molecular weight excluding hydrogens is 488 g/mol. The van der Waals surface area contributed by atoms with Crippen molar-refractivity contribution in [3.8, 4) is 0 Å². The van der Waals surface area contributed by atoms with Crippen molar-refractivity contribution >= 4 is 56.9 Å². The number of nitrogens with zero attached hydrogens (tertiary/aromatic N) is 1. The van der Waals surface area contributed by atoms with Gasteiger partial charge in [-0.1, -0.05) is 53.5 Å². The Balaban J connectivity index is 1.42. The largest absolute Gasteiger partial charge is 0.454 e. The smallest absolute Gasteiger partial charge is 0.330 e. The van der Waals surface area contributed by atoms with Gasteiger partial charge in [-0.25, -0.2) is 4.79 Å². The van der Waals surface area contributed by atoms with Crippen LogP contribution in [0.25, 0.3) is 0 Å². The van der Waals surface area contributed by atoms with Crippen LogP contribution in [0.4, 0.5) is 5.69 Å². The number of amides is 3. The third-order valence-electron chi connectivity index (χ3n) is 6.21. The van der Waals surface area contributed by atoms with Crippen molar-refractivity contribution in [3.63, 3.8) is 0 Å². The molecule has 1 saturated heterocycles. The van der Waals surface area contributed by atoms with E-state index in [4.69, 9.17) is 16.3 Å². The molecule has 7 nitrogen and oxygen atoms in total. The van der Waals surface area contributed by atoms with Crippen LogP contribution in [0.15, 0.2) is 34.8 Å². The first-order valence-corrected chi connectivity index (χ1v) is 11.3. The Kier molecular flexibility index (Phi) is 5.96. The van der Waals surface area contributed by atoms with Crippen LogP contribution in [-0.4, -0.2) is 41.2 Å². The van der Waals surface area contributed by atoms with E-state index in [-0.39, 0.29) is 41.4 Å². The van der Waals surface area contributed by atoms with Crippen molar-refractivity contribution in [2.24, 2.45) is 29.6 Å². The molecule has 0 aromatic heterocycles. The number of anilines is 1. The minimum absolute atomic E-state index is 0.0571. The number of rotatable bonds is 6. The highest BCUT2D eigenvalue weighted by Crippen LogP contribution is 2.53. The number of esters is 1. The molecule has 1 saturated carbocycles. The zero-order valence-corrected chi connectivity index (χ0v) is 19.4. The Labute approximate surface area is 193 Å². The van der Waals surface area contributed by atoms with Crippen LogP contribution in [0.3, 0.4) is 0 Å². The van der Waals surface area contributed by atoms with Gasteiger partial charge in [-0.15, -0.1) is 0 Å². The first-order valence-electron chi connectivity index (χ1n) is 10.2. The Morgan fingerprint density at radius 1 is 1.19 bits per heavy atom. The molecule has 0 unspecified atom stereocenters. The third kappa shape index (κ3) is 3.91. The van der Waals surface area contributed by atoms with Gasteiger partial charge in [-0.05, 0) is 42.4 Å². The Bertz CT molecular complexity index is 964. The molecule has 4 rings (SSSR count). The second kappa shape index (κ2) is 8.39. The van der Waals surface area contributed by atoms with Crippen molar-refractivity contribution in [2.45, 2.75) is 26.3 Å². The van der Waals surface area contributed by atoms with Crippen LogP contribution in [0.1, 0.15) is 20.3 Å². The molecule has 2 aliphatic carbocycles. The number of allylic oxidation sites excluding steroid dienone is 2. The summed E-state index contributed by atoms with van der Waals surface area (Å²) in [5, 5.41) is 2.91. The fourth-order valence-corrected chi connectivity index (χ4v) is 5.60. The molecule has 2 fully saturated rings. The molecule has 164 valence electrons. The van der Waals surface area contributed by atoms with Crippen LogP contribution < -0.4 is 5.32 Å². The highest BCUT2D eigenvalue weighted by molar-refractivity contribution is 9.10. The number of fused-ring (bicyclic) bond motifs is 5. The number of nitrogens with one attached hydrogen (secondary N) is 1. The predicted molar refractivity (Wildman–Crippen MR) is 117 cm³/mol. The predicted octanol–water partition coefficient (Wildman–Crippen LogP) is 3.42. The lowest BCUT2D eigenvalue weighted by atomic mass is 9.85. The highest BCUT2D eigenvalue weighted by atomic mass is 79.9. The summed E-state index contributed by atoms with van der Waals surface area (Å²) >= 11 is 9.36. The zero-order valence-electron chi connectivity index (χ0n) is 17.0. The van der Waals surface area contributed by atoms with Crippen LogP contribution in [0.5, 0.6) is 0 Å². The van der Waals surface area contributed by atoms with Crippen molar-refractivity contribution in [1.29, 1.82) is 0 Å². The number of likely N-dealkylation sites (tertiary alicyclic amines) is 1. The van der Waals surface area contributed by atoms with Gasteiger partial charge in [0.2, 0.25) is 11.8 Å². The average Bonchev–Trinajstić information content (AvgIpc) is 3.38. The van der Waals surface area contributed by atoms with Gasteiger partial charge in [0, 0.05) is 4.47 Å². The molecule has 5 atom stereocenters. The maximum absolute atomic E-state index is 13.0. The van der Waals surface area contributed by atoms with Crippen LogP contribution in [0, 0.1) is 29.6 Å². The number of ether oxygens (including phenoxy) is 1. The topological polar surface area (TPSA) is 92.8 Å². The fraction of sp³-hybridized carbons (Fsp3) is 0.455. The Morgan fingerprint density at radius 2 is 1.81 bits per heavy atom. The summed E-state index contributed by atoms with van der Waals surface area (Å²) in [6.45, 7) is 2.94. The van der Waals surface area contributed by atoms with Crippen molar-refractivity contribution in [1.82, 2.24) is 4.90 Å². The summed E-state index contributed by atoms with van der Waals surface area (Å²) in [7, 11) is 0. The van der Waals surface area contributed by atoms with E-state index >= 15 is 0 Å². The van der Waals surface area contributed by atoms with Gasteiger partial charge < -0.3 is 10.1 Å². The number of carbonyl (C=O) groups is 4. The second-order valence-corrected chi connectivity index (χ2v) is 9.84.